The van der Waals surface area contributed by atoms with Crippen LogP contribution in [0.4, 0.5) is 5.82 Å². The molecule has 7 N–H and O–H groups in total. The van der Waals surface area contributed by atoms with Gasteiger partial charge in [0, 0.05) is 0 Å². The molecule has 1 aliphatic rings. The zero-order chi connectivity index (χ0) is 14.5. The Bertz CT molecular complexity index is 654. The second kappa shape index (κ2) is 5.36. The van der Waals surface area contributed by atoms with E-state index in [4.69, 9.17) is 15.6 Å². The van der Waals surface area contributed by atoms with Crippen LogP contribution in [0.2, 0.25) is 0 Å². The first-order valence-electron chi connectivity index (χ1n) is 5.80. The van der Waals surface area contributed by atoms with Crippen LogP contribution in [0.5, 0.6) is 0 Å². The van der Waals surface area contributed by atoms with E-state index >= 15 is 0 Å². The number of nitrogen functional groups attached to an aromatic ring is 1. The molecule has 0 amide bonds. The highest BCUT2D eigenvalue weighted by atomic mass is 32.1. The highest BCUT2D eigenvalue weighted by molar-refractivity contribution is 7.81. The van der Waals surface area contributed by atoms with Gasteiger partial charge in [0.2, 0.25) is 5.06 Å². The number of thiol groups is 1. The van der Waals surface area contributed by atoms with Crippen LogP contribution in [0.3, 0.4) is 0 Å². The minimum Gasteiger partial charge on any atom is -0.412 e. The Balaban J connectivity index is 0.00000161. The highest BCUT2D eigenvalue weighted by Gasteiger charge is 2.54. The summed E-state index contributed by atoms with van der Waals surface area (Å²) < 4.78 is 6.79. The third-order valence-corrected chi connectivity index (χ3v) is 3.89. The summed E-state index contributed by atoms with van der Waals surface area (Å²) in [5, 5.41) is 27.5. The van der Waals surface area contributed by atoms with Gasteiger partial charge in [-0.3, -0.25) is 4.57 Å². The Kier molecular flexibility index (Phi) is 4.06. The van der Waals surface area contributed by atoms with Crippen molar-refractivity contribution in [3.8, 4) is 0 Å². The van der Waals surface area contributed by atoms with Gasteiger partial charge >= 0.3 is 0 Å². The zero-order valence-electron chi connectivity index (χ0n) is 10.7. The zero-order valence-corrected chi connectivity index (χ0v) is 11.6. The first-order valence-corrected chi connectivity index (χ1v) is 6.25. The Morgan fingerprint density at radius 3 is 2.71 bits per heavy atom. The van der Waals surface area contributed by atoms with E-state index < -0.39 is 30.0 Å². The number of nitrogens with two attached hydrogens (primary N) is 1. The Hall–Kier alpha value is -1.50. The molecule has 0 unspecified atom stereocenters. The van der Waals surface area contributed by atoms with Crippen LogP contribution in [-0.4, -0.2) is 65.2 Å². The number of aliphatic hydroxyl groups excluding tert-OH is 3. The minimum absolute atomic E-state index is 0. The van der Waals surface area contributed by atoms with Crippen molar-refractivity contribution in [1.29, 1.82) is 0 Å². The average Bonchev–Trinajstić information content (AvgIpc) is 2.96. The molecule has 0 spiro atoms. The number of imidazole rings is 1. The average molecular weight is 317 g/mol. The van der Waals surface area contributed by atoms with Gasteiger partial charge in [0.25, 0.3) is 0 Å². The summed E-state index contributed by atoms with van der Waals surface area (Å²) in [6.45, 7) is -0.454. The fourth-order valence-corrected chi connectivity index (χ4v) is 2.65. The van der Waals surface area contributed by atoms with Crippen LogP contribution in [0.1, 0.15) is 0 Å². The molecule has 3 rings (SSSR count). The minimum atomic E-state index is -1.61. The molecule has 11 heteroatoms. The van der Waals surface area contributed by atoms with Crippen molar-refractivity contribution >= 4 is 29.6 Å². The summed E-state index contributed by atoms with van der Waals surface area (Å²) in [7, 11) is 0. The maximum absolute atomic E-state index is 10.1. The fourth-order valence-electron chi connectivity index (χ4n) is 2.22. The summed E-state index contributed by atoms with van der Waals surface area (Å²) >= 11 is 4.29. The van der Waals surface area contributed by atoms with Gasteiger partial charge in [0.15, 0.2) is 11.5 Å². The number of rotatable bonds is 2. The van der Waals surface area contributed by atoms with Crippen molar-refractivity contribution in [3.05, 3.63) is 12.7 Å². The van der Waals surface area contributed by atoms with E-state index in [-0.39, 0.29) is 11.3 Å². The molecule has 116 valence electrons. The number of hydrogen-bond donors (Lipinski definition) is 5. The molecule has 0 saturated carbocycles. The van der Waals surface area contributed by atoms with Gasteiger partial charge in [0.05, 0.1) is 6.61 Å². The Morgan fingerprint density at radius 2 is 2.10 bits per heavy atom. The molecule has 10 nitrogen and oxygen atoms in total. The molecular weight excluding hydrogens is 302 g/mol. The molecule has 0 aliphatic carbocycles. The SMILES string of the molecule is Nc1ncnc2c1ncn2[C@]1(S)O[C@H](CO)[C@@H](O)[C@H]1O.O. The summed E-state index contributed by atoms with van der Waals surface area (Å²) in [6, 6.07) is 0. The summed E-state index contributed by atoms with van der Waals surface area (Å²) in [6.07, 6.45) is -1.04. The molecule has 3 heterocycles. The van der Waals surface area contributed by atoms with E-state index in [0.29, 0.717) is 11.2 Å². The second-order valence-electron chi connectivity index (χ2n) is 4.48. The molecule has 4 atom stereocenters. The highest BCUT2D eigenvalue weighted by Crippen LogP contribution is 2.40. The molecule has 0 bridgehead atoms. The monoisotopic (exact) mass is 317 g/mol. The maximum Gasteiger partial charge on any atom is 0.222 e. The lowest BCUT2D eigenvalue weighted by atomic mass is 10.1. The molecule has 2 aromatic rings. The van der Waals surface area contributed by atoms with Gasteiger partial charge in [-0.05, 0) is 0 Å². The van der Waals surface area contributed by atoms with Crippen molar-refractivity contribution in [2.24, 2.45) is 0 Å². The molecule has 1 fully saturated rings. The van der Waals surface area contributed by atoms with E-state index in [1.54, 1.807) is 0 Å². The topological polar surface area (TPSA) is 171 Å². The van der Waals surface area contributed by atoms with Gasteiger partial charge in [-0.1, -0.05) is 0 Å². The third kappa shape index (κ3) is 2.14. The van der Waals surface area contributed by atoms with E-state index in [1.807, 2.05) is 0 Å². The molecule has 0 aromatic carbocycles. The van der Waals surface area contributed by atoms with Crippen LogP contribution in [0.25, 0.3) is 11.2 Å². The third-order valence-electron chi connectivity index (χ3n) is 3.30. The van der Waals surface area contributed by atoms with E-state index in [2.05, 4.69) is 27.6 Å². The molecule has 0 radical (unpaired) electrons. The quantitative estimate of drug-likeness (QED) is 0.370. The summed E-state index contributed by atoms with van der Waals surface area (Å²) in [5.41, 5.74) is 6.32. The Labute approximate surface area is 123 Å². The van der Waals surface area contributed by atoms with Crippen LogP contribution in [-0.2, 0) is 9.79 Å². The first-order chi connectivity index (χ1) is 9.49. The summed E-state index contributed by atoms with van der Waals surface area (Å²) in [4.78, 5) is 11.9. The Morgan fingerprint density at radius 1 is 1.38 bits per heavy atom. The predicted octanol–water partition coefficient (Wildman–Crippen LogP) is -2.76. The lowest BCUT2D eigenvalue weighted by Crippen LogP contribution is -2.41. The number of aromatic nitrogens is 4. The van der Waals surface area contributed by atoms with E-state index in [1.165, 1.54) is 17.2 Å². The van der Waals surface area contributed by atoms with Crippen molar-refractivity contribution in [2.45, 2.75) is 23.4 Å². The summed E-state index contributed by atoms with van der Waals surface area (Å²) in [5.74, 6) is 0.178. The maximum atomic E-state index is 10.1. The van der Waals surface area contributed by atoms with Crippen LogP contribution in [0, 0.1) is 0 Å². The van der Waals surface area contributed by atoms with Gasteiger partial charge in [-0.25, -0.2) is 15.0 Å². The van der Waals surface area contributed by atoms with Gasteiger partial charge in [-0.15, -0.1) is 12.6 Å². The van der Waals surface area contributed by atoms with Crippen molar-refractivity contribution in [3.63, 3.8) is 0 Å². The standard InChI is InChI=1S/C10H13N5O4S.H2O/c11-8-5-9(13-2-12-8)15(3-14-5)10(20)7(18)6(17)4(1-16)19-10;/h2-4,6-7,16-18,20H,1H2,(H2,11,12,13);1H2/t4-,6-,7-,10+;/m1./s1. The van der Waals surface area contributed by atoms with E-state index in [0.717, 1.165) is 0 Å². The van der Waals surface area contributed by atoms with Crippen LogP contribution >= 0.6 is 12.6 Å². The molecule has 2 aromatic heterocycles. The van der Waals surface area contributed by atoms with Crippen molar-refractivity contribution in [1.82, 2.24) is 19.5 Å². The lowest BCUT2D eigenvalue weighted by Gasteiger charge is -2.28. The number of fused-ring (bicyclic) bond motifs is 1. The first kappa shape index (κ1) is 15.9. The van der Waals surface area contributed by atoms with Crippen LogP contribution < -0.4 is 5.73 Å². The molecule has 1 saturated heterocycles. The molecule has 21 heavy (non-hydrogen) atoms. The van der Waals surface area contributed by atoms with Gasteiger partial charge in [0.1, 0.15) is 36.5 Å². The van der Waals surface area contributed by atoms with E-state index in [9.17, 15) is 10.2 Å². The predicted molar refractivity (Wildman–Crippen MR) is 74.3 cm³/mol. The lowest BCUT2D eigenvalue weighted by molar-refractivity contribution is -0.0760. The number of anilines is 1. The number of hydrogen-bond acceptors (Lipinski definition) is 9. The normalized spacial score (nSPS) is 32.3. The fraction of sp³-hybridized carbons (Fsp3) is 0.500. The number of aliphatic hydroxyl groups is 3. The number of nitrogens with zero attached hydrogens (tertiary/aromatic N) is 4. The largest absolute Gasteiger partial charge is 0.412 e. The molecule has 1 aliphatic heterocycles. The smallest absolute Gasteiger partial charge is 0.222 e. The molecular formula is C10H15N5O5S. The van der Waals surface area contributed by atoms with Crippen molar-refractivity contribution in [2.75, 3.05) is 12.3 Å². The van der Waals surface area contributed by atoms with Gasteiger partial charge in [-0.2, -0.15) is 0 Å². The van der Waals surface area contributed by atoms with Crippen molar-refractivity contribution < 1.29 is 25.5 Å². The van der Waals surface area contributed by atoms with Gasteiger partial charge < -0.3 is 31.3 Å². The number of ether oxygens (including phenoxy) is 1. The van der Waals surface area contributed by atoms with Crippen LogP contribution in [0.15, 0.2) is 12.7 Å². The second-order valence-corrected chi connectivity index (χ2v) is 5.12.